The van der Waals surface area contributed by atoms with Crippen molar-refractivity contribution in [2.24, 2.45) is 0 Å². The molecule has 9 heteroatoms. The third kappa shape index (κ3) is 5.28. The number of aromatic nitrogens is 2. The molecule has 4 aromatic carbocycles. The molecular weight excluding hydrogens is 636 g/mol. The van der Waals surface area contributed by atoms with Crippen molar-refractivity contribution in [1.82, 2.24) is 9.97 Å². The van der Waals surface area contributed by atoms with Crippen molar-refractivity contribution in [3.05, 3.63) is 166 Å². The Morgan fingerprint density at radius 2 is 1.15 bits per heavy atom. The van der Waals surface area contributed by atoms with Crippen molar-refractivity contribution >= 4 is 9.84 Å². The van der Waals surface area contributed by atoms with Gasteiger partial charge >= 0.3 is 0 Å². The first-order valence-electron chi connectivity index (χ1n) is 15.3. The Bertz CT molecular complexity index is 2330. The Morgan fingerprint density at radius 1 is 0.625 bits per heavy atom. The maximum Gasteiger partial charge on any atom is 0.212 e. The average molecular weight is 665 g/mol. The van der Waals surface area contributed by atoms with Gasteiger partial charge in [0.1, 0.15) is 22.3 Å². The molecule has 0 saturated carbocycles. The Morgan fingerprint density at radius 3 is 1.73 bits per heavy atom. The van der Waals surface area contributed by atoms with Gasteiger partial charge < -0.3 is 0 Å². The van der Waals surface area contributed by atoms with Gasteiger partial charge in [-0.05, 0) is 79.1 Å². The highest BCUT2D eigenvalue weighted by atomic mass is 32.2. The van der Waals surface area contributed by atoms with Crippen LogP contribution in [0.4, 0.5) is 17.6 Å². The fourth-order valence-electron chi connectivity index (χ4n) is 6.16. The van der Waals surface area contributed by atoms with Gasteiger partial charge in [-0.25, -0.2) is 26.0 Å². The Kier molecular flexibility index (Phi) is 7.75. The zero-order chi connectivity index (χ0) is 33.8. The Labute approximate surface area is 275 Å². The van der Waals surface area contributed by atoms with Crippen LogP contribution >= 0.6 is 0 Å². The fraction of sp³-hybridized carbons (Fsp3) is 0.128. The molecule has 240 valence electrons. The number of halogens is 4. The van der Waals surface area contributed by atoms with Crippen LogP contribution in [0.25, 0.3) is 22.5 Å². The van der Waals surface area contributed by atoms with Gasteiger partial charge in [0, 0.05) is 34.9 Å². The molecule has 0 saturated heterocycles. The smallest absolute Gasteiger partial charge is 0.212 e. The molecule has 0 N–H and O–H groups in total. The van der Waals surface area contributed by atoms with E-state index in [1.165, 1.54) is 36.4 Å². The van der Waals surface area contributed by atoms with E-state index in [9.17, 15) is 8.42 Å². The van der Waals surface area contributed by atoms with Crippen LogP contribution in [-0.4, -0.2) is 18.4 Å². The van der Waals surface area contributed by atoms with Crippen LogP contribution in [0.5, 0.6) is 0 Å². The van der Waals surface area contributed by atoms with E-state index < -0.39 is 49.8 Å². The van der Waals surface area contributed by atoms with Crippen LogP contribution < -0.4 is 0 Å². The molecule has 7 rings (SSSR count). The summed E-state index contributed by atoms with van der Waals surface area (Å²) in [4.78, 5) is 8.02. The summed E-state index contributed by atoms with van der Waals surface area (Å²) in [7, 11) is -4.73. The van der Waals surface area contributed by atoms with Gasteiger partial charge in [0.05, 0.1) is 27.7 Å². The van der Waals surface area contributed by atoms with Crippen molar-refractivity contribution in [2.45, 2.75) is 41.9 Å². The summed E-state index contributed by atoms with van der Waals surface area (Å²) in [5, 5.41) is 0. The predicted molar refractivity (Wildman–Crippen MR) is 175 cm³/mol. The molecule has 0 spiro atoms. The fourth-order valence-corrected chi connectivity index (χ4v) is 7.62. The molecule has 8 bridgehead atoms. The van der Waals surface area contributed by atoms with Gasteiger partial charge in [-0.15, -0.1) is 0 Å². The van der Waals surface area contributed by atoms with E-state index in [0.717, 1.165) is 6.07 Å². The summed E-state index contributed by atoms with van der Waals surface area (Å²) in [6, 6.07) is 28.2. The topological polar surface area (TPSA) is 59.9 Å². The quantitative estimate of drug-likeness (QED) is 0.177. The lowest BCUT2D eigenvalue weighted by Gasteiger charge is -2.25. The SMILES string of the molecule is CC1(C)c2cccc(n2)-c2cc(c(F)c(Cc3ccccc3)c2F)Cc2cc(c(F)c(S(=O)(=O)c3ccccc3)c2F)-c2cccc1n2. The third-order valence-corrected chi connectivity index (χ3v) is 10.6. The van der Waals surface area contributed by atoms with E-state index in [0.29, 0.717) is 17.0 Å². The number of pyridine rings is 2. The van der Waals surface area contributed by atoms with E-state index in [-0.39, 0.29) is 50.5 Å². The van der Waals surface area contributed by atoms with Crippen LogP contribution in [0.2, 0.25) is 0 Å². The Hall–Kier alpha value is -5.15. The number of hydrogen-bond donors (Lipinski definition) is 0. The van der Waals surface area contributed by atoms with Crippen LogP contribution in [-0.2, 0) is 28.1 Å². The highest BCUT2D eigenvalue weighted by molar-refractivity contribution is 7.91. The second-order valence-electron chi connectivity index (χ2n) is 12.3. The monoisotopic (exact) mass is 664 g/mol. The first-order valence-corrected chi connectivity index (χ1v) is 16.8. The minimum absolute atomic E-state index is 0.00590. The highest BCUT2D eigenvalue weighted by Gasteiger charge is 2.34. The lowest BCUT2D eigenvalue weighted by atomic mass is 9.84. The van der Waals surface area contributed by atoms with Gasteiger partial charge in [0.2, 0.25) is 9.84 Å². The number of fused-ring (bicyclic) bond motifs is 10. The normalized spacial score (nSPS) is 13.5. The maximum atomic E-state index is 16.5. The third-order valence-electron chi connectivity index (χ3n) is 8.86. The zero-order valence-corrected chi connectivity index (χ0v) is 26.8. The second-order valence-corrected chi connectivity index (χ2v) is 14.2. The summed E-state index contributed by atoms with van der Waals surface area (Å²) >= 11 is 0. The molecule has 6 aromatic rings. The highest BCUT2D eigenvalue weighted by Crippen LogP contribution is 2.39. The van der Waals surface area contributed by atoms with Gasteiger partial charge in [-0.3, -0.25) is 9.97 Å². The molecule has 1 aliphatic rings. The molecule has 0 atom stereocenters. The average Bonchev–Trinajstić information content (AvgIpc) is 3.09. The van der Waals surface area contributed by atoms with Crippen LogP contribution in [0.1, 0.15) is 47.5 Å². The standard InChI is InChI=1S/C39H28F4N2O2S/c1-39(2)32-17-9-15-30(44-32)27-21-24(34(40)29(36(27)42)19-23-11-5-3-6-12-23)20-25-22-28(31-16-10-18-33(39)45-31)37(43)38(35(25)41)48(46,47)26-13-7-4-8-14-26/h3-18,21-22H,19-20H2,1-2H3. The van der Waals surface area contributed by atoms with Crippen molar-refractivity contribution in [3.63, 3.8) is 0 Å². The van der Waals surface area contributed by atoms with E-state index in [4.69, 9.17) is 9.97 Å². The van der Waals surface area contributed by atoms with Gasteiger partial charge in [-0.1, -0.05) is 60.7 Å². The molecule has 0 amide bonds. The van der Waals surface area contributed by atoms with E-state index in [2.05, 4.69) is 0 Å². The maximum absolute atomic E-state index is 16.5. The van der Waals surface area contributed by atoms with Gasteiger partial charge in [0.15, 0.2) is 5.82 Å². The molecule has 0 fully saturated rings. The first kappa shape index (κ1) is 31.4. The summed E-state index contributed by atoms with van der Waals surface area (Å²) in [5.74, 6) is -4.41. The number of rotatable bonds is 4. The van der Waals surface area contributed by atoms with E-state index in [1.807, 2.05) is 13.8 Å². The molecule has 4 nitrogen and oxygen atoms in total. The van der Waals surface area contributed by atoms with Crippen molar-refractivity contribution in [1.29, 1.82) is 0 Å². The van der Waals surface area contributed by atoms with E-state index >= 15 is 17.6 Å². The molecule has 48 heavy (non-hydrogen) atoms. The molecule has 2 aromatic heterocycles. The largest absolute Gasteiger partial charge is 0.252 e. The lowest BCUT2D eigenvalue weighted by Crippen LogP contribution is -2.23. The predicted octanol–water partition coefficient (Wildman–Crippen LogP) is 9.02. The van der Waals surface area contributed by atoms with Crippen molar-refractivity contribution in [2.75, 3.05) is 0 Å². The second kappa shape index (κ2) is 11.8. The minimum atomic E-state index is -4.73. The summed E-state index contributed by atoms with van der Waals surface area (Å²) < 4.78 is 93.6. The van der Waals surface area contributed by atoms with Crippen LogP contribution in [0.3, 0.4) is 0 Å². The minimum Gasteiger partial charge on any atom is -0.252 e. The van der Waals surface area contributed by atoms with E-state index in [1.54, 1.807) is 66.7 Å². The van der Waals surface area contributed by atoms with Gasteiger partial charge in [0.25, 0.3) is 0 Å². The summed E-state index contributed by atoms with van der Waals surface area (Å²) in [6.45, 7) is 3.70. The molecule has 0 unspecified atom stereocenters. The summed E-state index contributed by atoms with van der Waals surface area (Å²) in [6.07, 6.45) is -0.619. The molecule has 0 aliphatic carbocycles. The molecule has 0 radical (unpaired) electrons. The molecular formula is C39H28F4N2O2S. The van der Waals surface area contributed by atoms with Crippen LogP contribution in [0.15, 0.2) is 119 Å². The Balaban J connectivity index is 1.57. The number of nitrogens with zero attached hydrogens (tertiary/aromatic N) is 2. The zero-order valence-electron chi connectivity index (χ0n) is 25.9. The van der Waals surface area contributed by atoms with Crippen LogP contribution in [0, 0.1) is 23.3 Å². The first-order chi connectivity index (χ1) is 23.0. The van der Waals surface area contributed by atoms with Crippen molar-refractivity contribution in [3.8, 4) is 22.5 Å². The van der Waals surface area contributed by atoms with Crippen molar-refractivity contribution < 1.29 is 26.0 Å². The molecule has 1 aliphatic heterocycles. The van der Waals surface area contributed by atoms with Gasteiger partial charge in [-0.2, -0.15) is 0 Å². The number of benzene rings is 4. The molecule has 3 heterocycles. The number of sulfone groups is 1. The summed E-state index contributed by atoms with van der Waals surface area (Å²) in [5.41, 5.74) is 0.0742. The lowest BCUT2D eigenvalue weighted by molar-refractivity contribution is 0.512. The number of hydrogen-bond acceptors (Lipinski definition) is 4.